The first-order chi connectivity index (χ1) is 55.1. The molecule has 2 atom stereocenters. The summed E-state index contributed by atoms with van der Waals surface area (Å²) in [6.07, 6.45) is -3.83. The maximum Gasteiger partial charge on any atom is 0.411 e. The number of nitrogens with one attached hydrogen (secondary N) is 8. The molecule has 0 spiro atoms. The molecule has 0 fully saturated rings. The van der Waals surface area contributed by atoms with Crippen LogP contribution in [-0.4, -0.2) is 98.7 Å². The highest BCUT2D eigenvalue weighted by Crippen LogP contribution is 2.61. The zero-order valence-electron chi connectivity index (χ0n) is 63.8. The molecule has 8 bridgehead atoms. The van der Waals surface area contributed by atoms with E-state index in [0.29, 0.717) is 70.2 Å². The standard InChI is InChI=1S/C82H82Br2N8O22/c1-11-39-43-21-45-40(12-2)47-23-49-42(14-4)50-24-48-41(13-3)46-22-44(39)60-34-62(46)110-70-28-54(88-78(96)102-16-6)56(90-80(98)104-18-8)30-72(70)112-64(48)36-66(50)114-74-32-58(92-82(100)106-20-10)57(91-81(99)105-19-9)31-73(74)113-65(49)35-63(47)111-71-29-55(89-79(97)103-17-7)53(87-77(95)101-15-5)27-69(71)109-61(45)33-59(43)107-67-25-51(85-75(93)37-83)52(26-68(67)108-60)86-76(94)38-84/h21-36,39-42H,11-20,37-38H2,1-10H3,(H,85,93)(H,86,94)(H,87,95)(H,88,96)(H,89,97)(H,90,98)(H,91,99)(H,92,100). The molecular weight excluding hydrogens is 1610 g/mol. The quantitative estimate of drug-likeness (QED) is 0.0259. The van der Waals surface area contributed by atoms with Gasteiger partial charge in [0, 0.05) is 141 Å². The Hall–Kier alpha value is -12.3. The number of halogens is 2. The summed E-state index contributed by atoms with van der Waals surface area (Å²) in [5.41, 5.74) is 5.04. The van der Waals surface area contributed by atoms with Crippen molar-refractivity contribution in [2.75, 3.05) is 92.8 Å². The predicted molar refractivity (Wildman–Crippen MR) is 429 cm³/mol. The average molecular weight is 1690 g/mol. The summed E-state index contributed by atoms with van der Waals surface area (Å²) in [5.74, 6) is -1.96. The second-order valence-electron chi connectivity index (χ2n) is 26.2. The van der Waals surface area contributed by atoms with Crippen LogP contribution in [0.25, 0.3) is 0 Å². The first kappa shape index (κ1) is 79.8. The third-order valence-electron chi connectivity index (χ3n) is 19.2. The van der Waals surface area contributed by atoms with Crippen molar-refractivity contribution in [1.82, 2.24) is 0 Å². The van der Waals surface area contributed by atoms with Crippen LogP contribution in [0.1, 0.15) is 163 Å². The summed E-state index contributed by atoms with van der Waals surface area (Å²) in [5, 5.41) is 22.0. The lowest BCUT2D eigenvalue weighted by Gasteiger charge is -2.29. The fourth-order valence-corrected chi connectivity index (χ4v) is 14.7. The van der Waals surface area contributed by atoms with Crippen LogP contribution in [0, 0.1) is 0 Å². The largest absolute Gasteiger partial charge is 0.453 e. The molecule has 4 aliphatic heterocycles. The van der Waals surface area contributed by atoms with Crippen LogP contribution in [0.2, 0.25) is 0 Å². The van der Waals surface area contributed by atoms with Gasteiger partial charge in [0.1, 0.15) is 46.0 Å². The van der Waals surface area contributed by atoms with Crippen molar-refractivity contribution in [3.63, 3.8) is 0 Å². The third kappa shape index (κ3) is 16.6. The minimum absolute atomic E-state index is 0.00194. The summed E-state index contributed by atoms with van der Waals surface area (Å²) >= 11 is 6.56. The molecule has 13 rings (SSSR count). The fraction of sp³-hybridized carbons (Fsp3) is 0.317. The lowest BCUT2D eigenvalue weighted by Crippen LogP contribution is -2.18. The average Bonchev–Trinajstić information content (AvgIpc) is 1.50. The molecule has 596 valence electrons. The van der Waals surface area contributed by atoms with E-state index in [1.54, 1.807) is 65.8 Å². The molecule has 0 saturated carbocycles. The van der Waals surface area contributed by atoms with Gasteiger partial charge in [0.25, 0.3) is 0 Å². The molecule has 8 aromatic rings. The molecule has 0 aromatic heterocycles. The van der Waals surface area contributed by atoms with Gasteiger partial charge in [-0.25, -0.2) is 28.8 Å². The van der Waals surface area contributed by atoms with Crippen LogP contribution >= 0.6 is 31.9 Å². The van der Waals surface area contributed by atoms with E-state index in [1.807, 2.05) is 52.0 Å². The Kier molecular flexibility index (Phi) is 24.3. The zero-order chi connectivity index (χ0) is 80.8. The van der Waals surface area contributed by atoms with E-state index in [0.717, 1.165) is 0 Å². The van der Waals surface area contributed by atoms with Crippen LogP contribution < -0.4 is 80.4 Å². The topological polar surface area (TPSA) is 362 Å². The van der Waals surface area contributed by atoms with Gasteiger partial charge in [-0.3, -0.25) is 41.5 Å². The maximum atomic E-state index is 13.6. The Morgan fingerprint density at radius 3 is 0.518 bits per heavy atom. The fourth-order valence-electron chi connectivity index (χ4n) is 14.4. The highest BCUT2D eigenvalue weighted by atomic mass is 79.9. The number of hydrogen-bond donors (Lipinski definition) is 8. The SMILES string of the molecule is CCOC(=O)Nc1cc2c(cc1NC(=O)OCC)Oc1cc3c4cc1C(CC)c1cc5c(cc1O2)Oc1cc(NC(=O)CBr)c(NC(=O)CBr)cc1Oc1cc2c(cc1C5CC)C(CC)c1cc(c(cc1Oc1cc(NC(=O)OCC)c(NC(=O)OCC)cc1O2)Oc1cc(NC(=O)OCC)c(NC(=O)OCC)cc1O3)C4CC. The van der Waals surface area contributed by atoms with Crippen LogP contribution in [0.3, 0.4) is 0 Å². The molecule has 4 heterocycles. The van der Waals surface area contributed by atoms with Gasteiger partial charge in [-0.1, -0.05) is 59.6 Å². The molecule has 114 heavy (non-hydrogen) atoms. The van der Waals surface area contributed by atoms with Crippen LogP contribution in [0.5, 0.6) is 92.0 Å². The molecule has 8 N–H and O–H groups in total. The number of rotatable bonds is 20. The van der Waals surface area contributed by atoms with Gasteiger partial charge in [-0.2, -0.15) is 0 Å². The first-order valence-electron chi connectivity index (χ1n) is 37.3. The zero-order valence-corrected chi connectivity index (χ0v) is 66.9. The van der Waals surface area contributed by atoms with E-state index in [9.17, 15) is 38.4 Å². The summed E-state index contributed by atoms with van der Waals surface area (Å²) in [6, 6.07) is 26.9. The van der Waals surface area contributed by atoms with Crippen molar-refractivity contribution in [2.45, 2.75) is 119 Å². The van der Waals surface area contributed by atoms with Crippen molar-refractivity contribution < 1.29 is 105 Å². The Morgan fingerprint density at radius 2 is 0.386 bits per heavy atom. The molecule has 8 amide bonds. The predicted octanol–water partition coefficient (Wildman–Crippen LogP) is 21.8. The maximum absolute atomic E-state index is 13.6. The van der Waals surface area contributed by atoms with Crippen LogP contribution in [0.15, 0.2) is 97.1 Å². The minimum atomic E-state index is -0.877. The number of amides is 8. The highest BCUT2D eigenvalue weighted by Gasteiger charge is 2.40. The first-order valence-corrected chi connectivity index (χ1v) is 39.6. The molecule has 2 unspecified atom stereocenters. The minimum Gasteiger partial charge on any atom is -0.453 e. The van der Waals surface area contributed by atoms with Gasteiger partial charge in [-0.05, 0) is 91.5 Å². The van der Waals surface area contributed by atoms with E-state index in [1.165, 1.54) is 48.5 Å². The molecule has 30 nitrogen and oxygen atoms in total. The van der Waals surface area contributed by atoms with E-state index in [4.69, 9.17) is 66.3 Å². The monoisotopic (exact) mass is 1690 g/mol. The molecular formula is C82H82Br2N8O22. The van der Waals surface area contributed by atoms with E-state index in [-0.39, 0.29) is 188 Å². The number of hydrogen-bond acceptors (Lipinski definition) is 22. The van der Waals surface area contributed by atoms with Crippen molar-refractivity contribution in [2.24, 2.45) is 0 Å². The van der Waals surface area contributed by atoms with Crippen molar-refractivity contribution in [1.29, 1.82) is 0 Å². The molecule has 5 aliphatic rings. The van der Waals surface area contributed by atoms with Gasteiger partial charge in [0.05, 0.1) is 95.8 Å². The van der Waals surface area contributed by atoms with Gasteiger partial charge >= 0.3 is 36.6 Å². The van der Waals surface area contributed by atoms with Crippen molar-refractivity contribution in [3.05, 3.63) is 142 Å². The van der Waals surface area contributed by atoms with E-state index in [2.05, 4.69) is 74.4 Å². The summed E-state index contributed by atoms with van der Waals surface area (Å²) in [7, 11) is 0. The van der Waals surface area contributed by atoms with E-state index < -0.39 is 72.0 Å². The van der Waals surface area contributed by atoms with Crippen molar-refractivity contribution >= 4 is 126 Å². The van der Waals surface area contributed by atoms with Gasteiger partial charge < -0.3 is 76.9 Å². The number of benzene rings is 8. The number of ether oxygens (including phenoxy) is 14. The Balaban J connectivity index is 1.21. The number of alkyl halides is 2. The Bertz CT molecular complexity index is 4760. The lowest BCUT2D eigenvalue weighted by atomic mass is 9.77. The van der Waals surface area contributed by atoms with Crippen molar-refractivity contribution in [3.8, 4) is 92.0 Å². The summed E-state index contributed by atoms with van der Waals surface area (Å²) < 4.78 is 91.0. The number of fused-ring (bicyclic) bond motifs is 4. The molecule has 0 saturated heterocycles. The number of anilines is 8. The van der Waals surface area contributed by atoms with Gasteiger partial charge in [0.2, 0.25) is 11.8 Å². The van der Waals surface area contributed by atoms with Crippen LogP contribution in [0.4, 0.5) is 74.3 Å². The molecule has 8 aromatic carbocycles. The smallest absolute Gasteiger partial charge is 0.411 e. The second kappa shape index (κ2) is 34.7. The van der Waals surface area contributed by atoms with Crippen LogP contribution in [-0.2, 0) is 38.0 Å². The summed E-state index contributed by atoms with van der Waals surface area (Å²) in [6.45, 7) is 17.8. The van der Waals surface area contributed by atoms with E-state index >= 15 is 0 Å². The molecule has 1 aliphatic carbocycles. The summed E-state index contributed by atoms with van der Waals surface area (Å²) in [4.78, 5) is 109. The highest BCUT2D eigenvalue weighted by molar-refractivity contribution is 9.09. The normalized spacial score (nSPS) is 15.1. The number of carbonyl (C=O) groups excluding carboxylic acids is 8. The van der Waals surface area contributed by atoms with Gasteiger partial charge in [-0.15, -0.1) is 0 Å². The number of carbonyl (C=O) groups is 8. The Morgan fingerprint density at radius 1 is 0.237 bits per heavy atom. The Labute approximate surface area is 671 Å². The molecule has 0 radical (unpaired) electrons. The third-order valence-corrected chi connectivity index (χ3v) is 20.2. The molecule has 32 heteroatoms. The van der Waals surface area contributed by atoms with Gasteiger partial charge in [0.15, 0.2) is 46.0 Å². The second-order valence-corrected chi connectivity index (χ2v) is 27.3. The lowest BCUT2D eigenvalue weighted by molar-refractivity contribution is -0.114.